The average molecular weight is 147 g/mol. The van der Waals surface area contributed by atoms with E-state index in [1.54, 1.807) is 0 Å². The number of rotatable bonds is 4. The lowest BCUT2D eigenvalue weighted by Crippen LogP contribution is -1.84. The number of carbonyl (C=O) groups excluding carboxylic acids is 1. The monoisotopic (exact) mass is 147 g/mol. The summed E-state index contributed by atoms with van der Waals surface area (Å²) in [5, 5.41) is 0. The van der Waals surface area contributed by atoms with Crippen LogP contribution in [-0.2, 0) is 11.2 Å². The van der Waals surface area contributed by atoms with E-state index in [1.165, 1.54) is 5.56 Å². The van der Waals surface area contributed by atoms with Crippen molar-refractivity contribution in [2.45, 2.75) is 19.3 Å². The fourth-order valence-electron chi connectivity index (χ4n) is 0.962. The molecule has 1 radical (unpaired) electrons. The third-order valence-electron chi connectivity index (χ3n) is 1.54. The SMILES string of the molecule is O=CCCCc1[c]cccc1. The Morgan fingerprint density at radius 2 is 2.36 bits per heavy atom. The van der Waals surface area contributed by atoms with Crippen LogP contribution in [0.1, 0.15) is 18.4 Å². The molecule has 0 fully saturated rings. The molecular formula is C10H11O. The Morgan fingerprint density at radius 1 is 1.45 bits per heavy atom. The molecule has 0 unspecified atom stereocenters. The second-order valence-corrected chi connectivity index (χ2v) is 2.45. The van der Waals surface area contributed by atoms with Crippen LogP contribution in [0.5, 0.6) is 0 Å². The molecule has 0 saturated heterocycles. The van der Waals surface area contributed by atoms with E-state index in [0.29, 0.717) is 6.42 Å². The van der Waals surface area contributed by atoms with E-state index in [4.69, 9.17) is 0 Å². The predicted octanol–water partition coefficient (Wildman–Crippen LogP) is 2.01. The van der Waals surface area contributed by atoms with E-state index in [9.17, 15) is 4.79 Å². The minimum absolute atomic E-state index is 0.655. The Balaban J connectivity index is 2.33. The van der Waals surface area contributed by atoms with Gasteiger partial charge in [-0.3, -0.25) is 0 Å². The van der Waals surface area contributed by atoms with Gasteiger partial charge in [-0.2, -0.15) is 0 Å². The molecule has 1 heteroatoms. The number of unbranched alkanes of at least 4 members (excludes halogenated alkanes) is 1. The molecule has 1 rings (SSSR count). The molecule has 1 nitrogen and oxygen atoms in total. The lowest BCUT2D eigenvalue weighted by molar-refractivity contribution is -0.107. The number of aldehydes is 1. The highest BCUT2D eigenvalue weighted by atomic mass is 16.1. The number of hydrogen-bond donors (Lipinski definition) is 0. The summed E-state index contributed by atoms with van der Waals surface area (Å²) in [5.41, 5.74) is 1.19. The fourth-order valence-corrected chi connectivity index (χ4v) is 0.962. The van der Waals surface area contributed by atoms with Crippen molar-refractivity contribution < 1.29 is 4.79 Å². The molecule has 0 atom stereocenters. The number of aryl methyl sites for hydroxylation is 1. The van der Waals surface area contributed by atoms with Gasteiger partial charge in [0, 0.05) is 6.42 Å². The van der Waals surface area contributed by atoms with E-state index >= 15 is 0 Å². The van der Waals surface area contributed by atoms with Crippen molar-refractivity contribution in [1.82, 2.24) is 0 Å². The molecule has 57 valence electrons. The fraction of sp³-hybridized carbons (Fsp3) is 0.300. The second kappa shape index (κ2) is 4.67. The molecule has 0 spiro atoms. The Labute approximate surface area is 67.1 Å². The van der Waals surface area contributed by atoms with Crippen LogP contribution >= 0.6 is 0 Å². The van der Waals surface area contributed by atoms with Crippen LogP contribution in [0, 0.1) is 6.07 Å². The van der Waals surface area contributed by atoms with E-state index in [2.05, 4.69) is 6.07 Å². The van der Waals surface area contributed by atoms with Gasteiger partial charge in [-0.1, -0.05) is 24.3 Å². The highest BCUT2D eigenvalue weighted by Crippen LogP contribution is 2.01. The third kappa shape index (κ3) is 2.99. The molecule has 11 heavy (non-hydrogen) atoms. The van der Waals surface area contributed by atoms with E-state index in [1.807, 2.05) is 24.3 Å². The van der Waals surface area contributed by atoms with Crippen molar-refractivity contribution in [3.05, 3.63) is 35.9 Å². The Bertz CT molecular complexity index is 203. The Morgan fingerprint density at radius 3 is 3.00 bits per heavy atom. The Kier molecular flexibility index (Phi) is 3.39. The first-order valence-corrected chi connectivity index (χ1v) is 3.82. The number of carbonyl (C=O) groups is 1. The summed E-state index contributed by atoms with van der Waals surface area (Å²) in [6.45, 7) is 0. The molecule has 0 N–H and O–H groups in total. The van der Waals surface area contributed by atoms with Gasteiger partial charge in [0.05, 0.1) is 0 Å². The zero-order chi connectivity index (χ0) is 7.94. The molecule has 0 aliphatic carbocycles. The molecule has 0 aliphatic rings. The highest BCUT2D eigenvalue weighted by Gasteiger charge is 1.90. The summed E-state index contributed by atoms with van der Waals surface area (Å²) in [5.74, 6) is 0. The molecule has 0 aliphatic heterocycles. The van der Waals surface area contributed by atoms with Gasteiger partial charge in [0.2, 0.25) is 0 Å². The van der Waals surface area contributed by atoms with Gasteiger partial charge in [-0.05, 0) is 24.5 Å². The van der Waals surface area contributed by atoms with Crippen LogP contribution in [0.2, 0.25) is 0 Å². The van der Waals surface area contributed by atoms with Crippen LogP contribution in [0.4, 0.5) is 0 Å². The lowest BCUT2D eigenvalue weighted by Gasteiger charge is -1.95. The standard InChI is InChI=1S/C10H11O/c11-9-5-4-8-10-6-2-1-3-7-10/h1-3,6,9H,4-5,8H2. The smallest absolute Gasteiger partial charge is 0.120 e. The summed E-state index contributed by atoms with van der Waals surface area (Å²) in [4.78, 5) is 9.98. The largest absolute Gasteiger partial charge is 0.303 e. The molecular weight excluding hydrogens is 136 g/mol. The summed E-state index contributed by atoms with van der Waals surface area (Å²) >= 11 is 0. The average Bonchev–Trinajstić information content (AvgIpc) is 2.07. The van der Waals surface area contributed by atoms with E-state index in [-0.39, 0.29) is 0 Å². The van der Waals surface area contributed by atoms with Gasteiger partial charge in [0.1, 0.15) is 6.29 Å². The van der Waals surface area contributed by atoms with Gasteiger partial charge in [0.15, 0.2) is 0 Å². The van der Waals surface area contributed by atoms with Crippen molar-refractivity contribution in [3.63, 3.8) is 0 Å². The normalized spacial score (nSPS) is 9.45. The molecule has 0 bridgehead atoms. The van der Waals surface area contributed by atoms with Gasteiger partial charge >= 0.3 is 0 Å². The van der Waals surface area contributed by atoms with Crippen LogP contribution < -0.4 is 0 Å². The minimum Gasteiger partial charge on any atom is -0.303 e. The van der Waals surface area contributed by atoms with Crippen molar-refractivity contribution in [2.24, 2.45) is 0 Å². The molecule has 1 aromatic carbocycles. The van der Waals surface area contributed by atoms with Gasteiger partial charge in [-0.25, -0.2) is 0 Å². The Hall–Kier alpha value is -1.11. The van der Waals surface area contributed by atoms with Crippen LogP contribution in [0.3, 0.4) is 0 Å². The van der Waals surface area contributed by atoms with Crippen LogP contribution in [-0.4, -0.2) is 6.29 Å². The maximum absolute atomic E-state index is 9.98. The summed E-state index contributed by atoms with van der Waals surface area (Å²) in [6.07, 6.45) is 3.51. The summed E-state index contributed by atoms with van der Waals surface area (Å²) < 4.78 is 0. The highest BCUT2D eigenvalue weighted by molar-refractivity contribution is 5.49. The molecule has 0 amide bonds. The number of benzene rings is 1. The summed E-state index contributed by atoms with van der Waals surface area (Å²) in [7, 11) is 0. The maximum atomic E-state index is 9.98. The van der Waals surface area contributed by atoms with E-state index in [0.717, 1.165) is 19.1 Å². The van der Waals surface area contributed by atoms with Crippen molar-refractivity contribution in [3.8, 4) is 0 Å². The third-order valence-corrected chi connectivity index (χ3v) is 1.54. The summed E-state index contributed by atoms with van der Waals surface area (Å²) in [6, 6.07) is 11.0. The molecule has 0 heterocycles. The minimum atomic E-state index is 0.655. The first-order valence-electron chi connectivity index (χ1n) is 3.82. The van der Waals surface area contributed by atoms with E-state index < -0.39 is 0 Å². The van der Waals surface area contributed by atoms with Gasteiger partial charge in [0.25, 0.3) is 0 Å². The van der Waals surface area contributed by atoms with Crippen LogP contribution in [0.25, 0.3) is 0 Å². The molecule has 0 aromatic heterocycles. The molecule has 1 aromatic rings. The topological polar surface area (TPSA) is 17.1 Å². The van der Waals surface area contributed by atoms with Crippen molar-refractivity contribution in [2.75, 3.05) is 0 Å². The number of hydrogen-bond acceptors (Lipinski definition) is 1. The zero-order valence-corrected chi connectivity index (χ0v) is 6.42. The first-order chi connectivity index (χ1) is 5.43. The zero-order valence-electron chi connectivity index (χ0n) is 6.42. The van der Waals surface area contributed by atoms with Gasteiger partial charge < -0.3 is 4.79 Å². The van der Waals surface area contributed by atoms with Crippen molar-refractivity contribution in [1.29, 1.82) is 0 Å². The molecule has 0 saturated carbocycles. The van der Waals surface area contributed by atoms with Crippen LogP contribution in [0.15, 0.2) is 24.3 Å². The second-order valence-electron chi connectivity index (χ2n) is 2.45. The first kappa shape index (κ1) is 7.99. The predicted molar refractivity (Wildman–Crippen MR) is 44.3 cm³/mol. The van der Waals surface area contributed by atoms with Crippen molar-refractivity contribution >= 4 is 6.29 Å². The van der Waals surface area contributed by atoms with Gasteiger partial charge in [-0.15, -0.1) is 0 Å². The maximum Gasteiger partial charge on any atom is 0.120 e. The quantitative estimate of drug-likeness (QED) is 0.470. The lowest BCUT2D eigenvalue weighted by atomic mass is 10.1.